The van der Waals surface area contributed by atoms with E-state index in [4.69, 9.17) is 4.74 Å². The minimum Gasteiger partial charge on any atom is -0.465 e. The molecule has 4 atom stereocenters. The third kappa shape index (κ3) is 4.42. The van der Waals surface area contributed by atoms with Crippen molar-refractivity contribution >= 4 is 35.3 Å². The fourth-order valence-corrected chi connectivity index (χ4v) is 4.99. The van der Waals surface area contributed by atoms with Gasteiger partial charge in [-0.3, -0.25) is 9.59 Å². The molecule has 5 heteroatoms. The Bertz CT molecular complexity index is 331. The fourth-order valence-electron chi connectivity index (χ4n) is 2.08. The van der Waals surface area contributed by atoms with Gasteiger partial charge in [0.1, 0.15) is 5.92 Å². The first-order chi connectivity index (χ1) is 8.88. The second kappa shape index (κ2) is 7.58. The van der Waals surface area contributed by atoms with Gasteiger partial charge in [-0.15, -0.1) is 11.8 Å². The molecule has 1 aliphatic heterocycles. The van der Waals surface area contributed by atoms with Crippen LogP contribution in [-0.2, 0) is 14.3 Å². The van der Waals surface area contributed by atoms with E-state index >= 15 is 0 Å². The molecule has 0 saturated carbocycles. The number of rotatable bonds is 5. The maximum atomic E-state index is 12.6. The number of ketones is 1. The SMILES string of the molecule is CCOC(=O)C(C(=O)C1CSC(C)C(C)S1)C(C)C. The fraction of sp³-hybridized carbons (Fsp3) is 0.857. The maximum Gasteiger partial charge on any atom is 0.316 e. The zero-order valence-corrected chi connectivity index (χ0v) is 14.0. The van der Waals surface area contributed by atoms with E-state index in [0.717, 1.165) is 5.75 Å². The summed E-state index contributed by atoms with van der Waals surface area (Å²) in [5, 5.41) is 0.935. The van der Waals surface area contributed by atoms with E-state index in [1.165, 1.54) is 0 Å². The van der Waals surface area contributed by atoms with Crippen molar-refractivity contribution in [2.45, 2.75) is 50.4 Å². The summed E-state index contributed by atoms with van der Waals surface area (Å²) in [7, 11) is 0. The van der Waals surface area contributed by atoms with Crippen molar-refractivity contribution in [1.29, 1.82) is 0 Å². The van der Waals surface area contributed by atoms with Crippen LogP contribution in [0.1, 0.15) is 34.6 Å². The van der Waals surface area contributed by atoms with E-state index in [1.54, 1.807) is 18.7 Å². The average Bonchev–Trinajstić information content (AvgIpc) is 2.32. The third-order valence-electron chi connectivity index (χ3n) is 3.38. The summed E-state index contributed by atoms with van der Waals surface area (Å²) in [6, 6.07) is 0. The quantitative estimate of drug-likeness (QED) is 0.577. The van der Waals surface area contributed by atoms with E-state index < -0.39 is 5.92 Å². The Morgan fingerprint density at radius 3 is 2.37 bits per heavy atom. The molecule has 1 heterocycles. The molecule has 0 N–H and O–H groups in total. The van der Waals surface area contributed by atoms with Crippen LogP contribution in [0.2, 0.25) is 0 Å². The highest BCUT2D eigenvalue weighted by Crippen LogP contribution is 2.37. The van der Waals surface area contributed by atoms with E-state index in [2.05, 4.69) is 13.8 Å². The van der Waals surface area contributed by atoms with Gasteiger partial charge in [-0.1, -0.05) is 27.7 Å². The molecule has 0 bridgehead atoms. The molecular formula is C14H24O3S2. The van der Waals surface area contributed by atoms with Crippen molar-refractivity contribution in [2.24, 2.45) is 11.8 Å². The molecule has 4 unspecified atom stereocenters. The maximum absolute atomic E-state index is 12.6. The molecule has 0 aromatic carbocycles. The second-order valence-corrected chi connectivity index (χ2v) is 8.24. The number of esters is 1. The van der Waals surface area contributed by atoms with Gasteiger partial charge in [0.15, 0.2) is 5.78 Å². The number of ether oxygens (including phenoxy) is 1. The third-order valence-corrected chi connectivity index (χ3v) is 6.79. The molecule has 0 aliphatic carbocycles. The van der Waals surface area contributed by atoms with Crippen molar-refractivity contribution in [3.63, 3.8) is 0 Å². The Kier molecular flexibility index (Phi) is 6.74. The Labute approximate surface area is 124 Å². The predicted octanol–water partition coefficient (Wildman–Crippen LogP) is 3.02. The first-order valence-electron chi connectivity index (χ1n) is 6.85. The zero-order valence-electron chi connectivity index (χ0n) is 12.3. The average molecular weight is 304 g/mol. The lowest BCUT2D eigenvalue weighted by atomic mass is 9.90. The smallest absolute Gasteiger partial charge is 0.316 e. The normalized spacial score (nSPS) is 29.1. The highest BCUT2D eigenvalue weighted by atomic mass is 32.2. The summed E-state index contributed by atoms with van der Waals surface area (Å²) in [6.07, 6.45) is 0. The summed E-state index contributed by atoms with van der Waals surface area (Å²) in [6.45, 7) is 10.3. The van der Waals surface area contributed by atoms with Crippen LogP contribution in [0.3, 0.4) is 0 Å². The van der Waals surface area contributed by atoms with Gasteiger partial charge in [0.25, 0.3) is 0 Å². The van der Waals surface area contributed by atoms with Gasteiger partial charge in [0.2, 0.25) is 0 Å². The summed E-state index contributed by atoms with van der Waals surface area (Å²) >= 11 is 3.53. The van der Waals surface area contributed by atoms with E-state index in [0.29, 0.717) is 17.1 Å². The number of Topliss-reactive ketones (excluding diaryl/α,β-unsaturated/α-hetero) is 1. The molecule has 0 radical (unpaired) electrons. The van der Waals surface area contributed by atoms with Crippen LogP contribution in [0, 0.1) is 11.8 Å². The number of hydrogen-bond donors (Lipinski definition) is 0. The molecule has 1 saturated heterocycles. The van der Waals surface area contributed by atoms with Gasteiger partial charge in [0, 0.05) is 16.3 Å². The first kappa shape index (κ1) is 16.9. The van der Waals surface area contributed by atoms with E-state index in [9.17, 15) is 9.59 Å². The van der Waals surface area contributed by atoms with Gasteiger partial charge in [-0.05, 0) is 12.8 Å². The summed E-state index contributed by atoms with van der Waals surface area (Å²) in [4.78, 5) is 24.5. The van der Waals surface area contributed by atoms with Crippen molar-refractivity contribution in [2.75, 3.05) is 12.4 Å². The van der Waals surface area contributed by atoms with Gasteiger partial charge < -0.3 is 4.74 Å². The van der Waals surface area contributed by atoms with Crippen molar-refractivity contribution in [3.8, 4) is 0 Å². The Morgan fingerprint density at radius 1 is 1.26 bits per heavy atom. The topological polar surface area (TPSA) is 43.4 Å². The molecule has 0 spiro atoms. The molecule has 1 fully saturated rings. The molecule has 19 heavy (non-hydrogen) atoms. The number of thioether (sulfide) groups is 2. The molecule has 3 nitrogen and oxygen atoms in total. The first-order valence-corrected chi connectivity index (χ1v) is 8.85. The number of hydrogen-bond acceptors (Lipinski definition) is 5. The van der Waals surface area contributed by atoms with E-state index in [-0.39, 0.29) is 22.9 Å². The van der Waals surface area contributed by atoms with Crippen molar-refractivity contribution < 1.29 is 14.3 Å². The Morgan fingerprint density at radius 2 is 1.89 bits per heavy atom. The highest BCUT2D eigenvalue weighted by molar-refractivity contribution is 8.08. The van der Waals surface area contributed by atoms with Gasteiger partial charge in [0.05, 0.1) is 11.9 Å². The lowest BCUT2D eigenvalue weighted by molar-refractivity contribution is -0.153. The Hall–Kier alpha value is -0.160. The molecule has 0 amide bonds. The molecule has 1 aliphatic rings. The summed E-state index contributed by atoms with van der Waals surface area (Å²) < 4.78 is 5.05. The zero-order chi connectivity index (χ0) is 14.6. The van der Waals surface area contributed by atoms with Crippen LogP contribution in [0.15, 0.2) is 0 Å². The lowest BCUT2D eigenvalue weighted by Gasteiger charge is -2.32. The Balaban J connectivity index is 2.74. The highest BCUT2D eigenvalue weighted by Gasteiger charge is 2.39. The van der Waals surface area contributed by atoms with Crippen LogP contribution in [0.4, 0.5) is 0 Å². The summed E-state index contributed by atoms with van der Waals surface area (Å²) in [5.41, 5.74) is 0. The van der Waals surface area contributed by atoms with Gasteiger partial charge >= 0.3 is 5.97 Å². The molecule has 1 rings (SSSR count). The lowest BCUT2D eigenvalue weighted by Crippen LogP contribution is -2.40. The van der Waals surface area contributed by atoms with Crippen LogP contribution < -0.4 is 0 Å². The molecular weight excluding hydrogens is 280 g/mol. The summed E-state index contributed by atoms with van der Waals surface area (Å²) in [5.74, 6) is -0.132. The second-order valence-electron chi connectivity index (χ2n) is 5.24. The van der Waals surface area contributed by atoms with Crippen LogP contribution >= 0.6 is 23.5 Å². The van der Waals surface area contributed by atoms with Crippen molar-refractivity contribution in [1.82, 2.24) is 0 Å². The largest absolute Gasteiger partial charge is 0.465 e. The molecule has 0 aromatic rings. The number of carbonyl (C=O) groups is 2. The van der Waals surface area contributed by atoms with Crippen LogP contribution in [0.5, 0.6) is 0 Å². The number of carbonyl (C=O) groups excluding carboxylic acids is 2. The standard InChI is InChI=1S/C14H24O3S2/c1-6-17-14(16)12(8(2)3)13(15)11-7-18-9(4)10(5)19-11/h8-12H,6-7H2,1-5H3. The molecule has 110 valence electrons. The van der Waals surface area contributed by atoms with Crippen LogP contribution in [-0.4, -0.2) is 39.9 Å². The minimum atomic E-state index is -0.612. The van der Waals surface area contributed by atoms with Crippen molar-refractivity contribution in [3.05, 3.63) is 0 Å². The van der Waals surface area contributed by atoms with Gasteiger partial charge in [-0.2, -0.15) is 11.8 Å². The molecule has 0 aromatic heterocycles. The predicted molar refractivity (Wildman–Crippen MR) is 82.7 cm³/mol. The monoisotopic (exact) mass is 304 g/mol. The minimum absolute atomic E-state index is 0.00759. The van der Waals surface area contributed by atoms with Crippen LogP contribution in [0.25, 0.3) is 0 Å². The van der Waals surface area contributed by atoms with Gasteiger partial charge in [-0.25, -0.2) is 0 Å². The van der Waals surface area contributed by atoms with E-state index in [1.807, 2.05) is 25.6 Å².